The van der Waals surface area contributed by atoms with Crippen LogP contribution in [0.1, 0.15) is 17.4 Å². The molecule has 2 rings (SSSR count). The minimum absolute atomic E-state index is 0.122. The summed E-state index contributed by atoms with van der Waals surface area (Å²) in [5.74, 6) is -0.530. The zero-order chi connectivity index (χ0) is 13.1. The van der Waals surface area contributed by atoms with Crippen molar-refractivity contribution in [2.45, 2.75) is 6.92 Å². The summed E-state index contributed by atoms with van der Waals surface area (Å²) in [4.78, 5) is 11.7. The minimum atomic E-state index is -0.530. The highest BCUT2D eigenvalue weighted by Gasteiger charge is 2.20. The number of carbonyl (C=O) groups is 1. The molecule has 0 saturated heterocycles. The molecule has 0 radical (unpaired) electrons. The summed E-state index contributed by atoms with van der Waals surface area (Å²) >= 11 is 9.43. The molecular formula is C11H9BrClN3O2. The largest absolute Gasteiger partial charge is 0.461 e. The number of benzene rings is 1. The van der Waals surface area contributed by atoms with Crippen molar-refractivity contribution in [2.75, 3.05) is 6.61 Å². The average Bonchev–Trinajstić information content (AvgIpc) is 2.81. The lowest BCUT2D eigenvalue weighted by Crippen LogP contribution is -2.06. The minimum Gasteiger partial charge on any atom is -0.461 e. The second-order valence-electron chi connectivity index (χ2n) is 3.37. The van der Waals surface area contributed by atoms with Gasteiger partial charge in [-0.3, -0.25) is 0 Å². The lowest BCUT2D eigenvalue weighted by molar-refractivity contribution is 0.0520. The van der Waals surface area contributed by atoms with E-state index in [1.807, 2.05) is 0 Å². The van der Waals surface area contributed by atoms with Gasteiger partial charge in [-0.25, -0.2) is 4.79 Å². The maximum Gasteiger partial charge on any atom is 0.361 e. The van der Waals surface area contributed by atoms with Gasteiger partial charge in [0.05, 0.1) is 11.6 Å². The summed E-state index contributed by atoms with van der Waals surface area (Å²) in [5, 5.41) is 10.6. The summed E-state index contributed by atoms with van der Waals surface area (Å²) in [6.45, 7) is 2.00. The Balaban J connectivity index is 2.48. The number of aromatic nitrogens is 3. The third-order valence-corrected chi connectivity index (χ3v) is 3.02. The van der Waals surface area contributed by atoms with E-state index in [0.29, 0.717) is 16.3 Å². The number of hydrogen-bond acceptors (Lipinski definition) is 4. The Labute approximate surface area is 117 Å². The molecule has 18 heavy (non-hydrogen) atoms. The quantitative estimate of drug-likeness (QED) is 0.878. The predicted octanol–water partition coefficient (Wildman–Crippen LogP) is 3.06. The van der Waals surface area contributed by atoms with E-state index in [2.05, 4.69) is 31.3 Å². The molecule has 2 aromatic rings. The van der Waals surface area contributed by atoms with Gasteiger partial charge >= 0.3 is 5.97 Å². The lowest BCUT2D eigenvalue weighted by Gasteiger charge is -2.03. The van der Waals surface area contributed by atoms with Gasteiger partial charge in [0.2, 0.25) is 0 Å². The predicted molar refractivity (Wildman–Crippen MR) is 70.5 cm³/mol. The van der Waals surface area contributed by atoms with Crippen molar-refractivity contribution >= 4 is 33.5 Å². The zero-order valence-electron chi connectivity index (χ0n) is 9.41. The molecule has 0 aliphatic heterocycles. The van der Waals surface area contributed by atoms with Crippen molar-refractivity contribution in [3.05, 3.63) is 33.4 Å². The second kappa shape index (κ2) is 5.49. The van der Waals surface area contributed by atoms with E-state index in [4.69, 9.17) is 16.3 Å². The van der Waals surface area contributed by atoms with Crippen molar-refractivity contribution in [3.8, 4) is 11.3 Å². The molecular weight excluding hydrogens is 321 g/mol. The number of ether oxygens (including phenoxy) is 1. The van der Waals surface area contributed by atoms with Gasteiger partial charge in [0, 0.05) is 10.0 Å². The Hall–Kier alpha value is -1.40. The van der Waals surface area contributed by atoms with Crippen LogP contribution in [0.2, 0.25) is 5.02 Å². The van der Waals surface area contributed by atoms with Gasteiger partial charge < -0.3 is 4.74 Å². The number of esters is 1. The van der Waals surface area contributed by atoms with Gasteiger partial charge in [-0.2, -0.15) is 10.3 Å². The Kier molecular flexibility index (Phi) is 3.98. The number of hydrogen-bond donors (Lipinski definition) is 1. The third-order valence-electron chi connectivity index (χ3n) is 2.20. The summed E-state index contributed by atoms with van der Waals surface area (Å²) in [6.07, 6.45) is 0. The zero-order valence-corrected chi connectivity index (χ0v) is 11.7. The van der Waals surface area contributed by atoms with Crippen LogP contribution in [0.15, 0.2) is 22.7 Å². The van der Waals surface area contributed by atoms with E-state index in [0.717, 1.165) is 4.47 Å². The van der Waals surface area contributed by atoms with Crippen LogP contribution in [0.25, 0.3) is 11.3 Å². The molecule has 0 fully saturated rings. The number of halogens is 2. The van der Waals surface area contributed by atoms with Gasteiger partial charge in [-0.1, -0.05) is 27.5 Å². The number of rotatable bonds is 3. The van der Waals surface area contributed by atoms with E-state index in [9.17, 15) is 4.79 Å². The molecule has 0 saturated carbocycles. The van der Waals surface area contributed by atoms with Gasteiger partial charge in [0.25, 0.3) is 0 Å². The molecule has 0 unspecified atom stereocenters. The van der Waals surface area contributed by atoms with Crippen LogP contribution >= 0.6 is 27.5 Å². The summed E-state index contributed by atoms with van der Waals surface area (Å²) in [6, 6.07) is 5.28. The van der Waals surface area contributed by atoms with Gasteiger partial charge in [-0.05, 0) is 25.1 Å². The van der Waals surface area contributed by atoms with Crippen molar-refractivity contribution in [1.82, 2.24) is 15.4 Å². The first kappa shape index (κ1) is 13.0. The highest BCUT2D eigenvalue weighted by Crippen LogP contribution is 2.30. The van der Waals surface area contributed by atoms with E-state index >= 15 is 0 Å². The van der Waals surface area contributed by atoms with Crippen LogP contribution in [0.5, 0.6) is 0 Å². The van der Waals surface area contributed by atoms with Crippen LogP contribution < -0.4 is 0 Å². The topological polar surface area (TPSA) is 67.9 Å². The molecule has 94 valence electrons. The molecule has 1 N–H and O–H groups in total. The van der Waals surface area contributed by atoms with Crippen LogP contribution in [0, 0.1) is 0 Å². The first-order chi connectivity index (χ1) is 8.63. The highest BCUT2D eigenvalue weighted by molar-refractivity contribution is 9.10. The first-order valence-electron chi connectivity index (χ1n) is 5.16. The van der Waals surface area contributed by atoms with E-state index < -0.39 is 5.97 Å². The van der Waals surface area contributed by atoms with Crippen LogP contribution in [0.4, 0.5) is 0 Å². The number of carbonyl (C=O) groups excluding carboxylic acids is 1. The molecule has 0 aliphatic carbocycles. The second-order valence-corrected chi connectivity index (χ2v) is 4.69. The Morgan fingerprint density at radius 3 is 3.00 bits per heavy atom. The highest BCUT2D eigenvalue weighted by atomic mass is 79.9. The van der Waals surface area contributed by atoms with Crippen molar-refractivity contribution in [1.29, 1.82) is 0 Å². The molecule has 0 atom stereocenters. The van der Waals surface area contributed by atoms with Crippen molar-refractivity contribution < 1.29 is 9.53 Å². The third kappa shape index (κ3) is 2.54. The van der Waals surface area contributed by atoms with Crippen molar-refractivity contribution in [3.63, 3.8) is 0 Å². The first-order valence-corrected chi connectivity index (χ1v) is 6.34. The summed E-state index contributed by atoms with van der Waals surface area (Å²) in [7, 11) is 0. The van der Waals surface area contributed by atoms with Crippen LogP contribution in [-0.2, 0) is 4.74 Å². The molecule has 0 aliphatic rings. The SMILES string of the molecule is CCOC(=O)c1n[nH]nc1-c1cc(Br)ccc1Cl. The van der Waals surface area contributed by atoms with E-state index in [1.54, 1.807) is 25.1 Å². The fourth-order valence-corrected chi connectivity index (χ4v) is 2.01. The molecule has 1 aromatic heterocycles. The maximum atomic E-state index is 11.7. The average molecular weight is 331 g/mol. The van der Waals surface area contributed by atoms with E-state index in [1.165, 1.54) is 0 Å². The smallest absolute Gasteiger partial charge is 0.361 e. The standard InChI is InChI=1S/C11H9BrClN3O2/c1-2-18-11(17)10-9(14-16-15-10)7-5-6(12)3-4-8(7)13/h3-5H,2H2,1H3,(H,14,15,16). The Morgan fingerprint density at radius 1 is 1.50 bits per heavy atom. The summed E-state index contributed by atoms with van der Waals surface area (Å²) in [5.41, 5.74) is 1.11. The number of nitrogens with zero attached hydrogens (tertiary/aromatic N) is 2. The van der Waals surface area contributed by atoms with Crippen LogP contribution in [0.3, 0.4) is 0 Å². The van der Waals surface area contributed by atoms with E-state index in [-0.39, 0.29) is 12.3 Å². The Bertz CT molecular complexity index is 585. The fourth-order valence-electron chi connectivity index (χ4n) is 1.44. The number of H-pyrrole nitrogens is 1. The van der Waals surface area contributed by atoms with Gasteiger partial charge in [0.1, 0.15) is 5.69 Å². The number of aromatic amines is 1. The molecule has 0 amide bonds. The molecule has 0 bridgehead atoms. The molecule has 7 heteroatoms. The molecule has 5 nitrogen and oxygen atoms in total. The van der Waals surface area contributed by atoms with Gasteiger partial charge in [-0.15, -0.1) is 5.10 Å². The Morgan fingerprint density at radius 2 is 2.28 bits per heavy atom. The monoisotopic (exact) mass is 329 g/mol. The van der Waals surface area contributed by atoms with Crippen molar-refractivity contribution in [2.24, 2.45) is 0 Å². The number of nitrogens with one attached hydrogen (secondary N) is 1. The fraction of sp³-hybridized carbons (Fsp3) is 0.182. The maximum absolute atomic E-state index is 11.7. The normalized spacial score (nSPS) is 10.4. The summed E-state index contributed by atoms with van der Waals surface area (Å²) < 4.78 is 5.74. The molecule has 1 aromatic carbocycles. The molecule has 0 spiro atoms. The van der Waals surface area contributed by atoms with Crippen LogP contribution in [-0.4, -0.2) is 28.0 Å². The van der Waals surface area contributed by atoms with Gasteiger partial charge in [0.15, 0.2) is 5.69 Å². The lowest BCUT2D eigenvalue weighted by atomic mass is 10.1. The molecule has 1 heterocycles.